The van der Waals surface area contributed by atoms with Crippen molar-refractivity contribution in [2.75, 3.05) is 13.6 Å². The summed E-state index contributed by atoms with van der Waals surface area (Å²) in [5.41, 5.74) is -0.0379. The lowest BCUT2D eigenvalue weighted by Gasteiger charge is -2.01. The van der Waals surface area contributed by atoms with E-state index in [1.807, 2.05) is 0 Å². The first kappa shape index (κ1) is 12.6. The van der Waals surface area contributed by atoms with E-state index in [-0.39, 0.29) is 11.1 Å². The molecule has 0 aromatic heterocycles. The average molecular weight is 225 g/mol. The standard InChI is InChI=1S/C12H13F2NO/c1-15-5-3-2-4-9-6-11(13)10(8-16)12(14)7-9/h6-7,15-16H,3,5,8H2,1H3. The SMILES string of the molecule is CNCCC#Cc1cc(F)c(CO)c(F)c1. The minimum atomic E-state index is -0.764. The first-order chi connectivity index (χ1) is 7.69. The minimum Gasteiger partial charge on any atom is -0.391 e. The Morgan fingerprint density at radius 3 is 2.44 bits per heavy atom. The van der Waals surface area contributed by atoms with Gasteiger partial charge in [-0.25, -0.2) is 8.78 Å². The van der Waals surface area contributed by atoms with Crippen LogP contribution in [-0.2, 0) is 6.61 Å². The molecule has 2 N–H and O–H groups in total. The second kappa shape index (κ2) is 6.21. The Bertz CT molecular complexity index is 398. The molecule has 1 aromatic rings. The van der Waals surface area contributed by atoms with E-state index in [9.17, 15) is 8.78 Å². The fourth-order valence-electron chi connectivity index (χ4n) is 1.18. The zero-order valence-corrected chi connectivity index (χ0v) is 8.98. The molecule has 0 fully saturated rings. The fraction of sp³-hybridized carbons (Fsp3) is 0.333. The van der Waals surface area contributed by atoms with Crippen LogP contribution in [0.25, 0.3) is 0 Å². The van der Waals surface area contributed by atoms with E-state index in [0.29, 0.717) is 6.42 Å². The van der Waals surface area contributed by atoms with Gasteiger partial charge in [0.25, 0.3) is 0 Å². The molecule has 0 saturated heterocycles. The second-order valence-electron chi connectivity index (χ2n) is 3.23. The van der Waals surface area contributed by atoms with Crippen LogP contribution in [0.1, 0.15) is 17.5 Å². The van der Waals surface area contributed by atoms with Crippen LogP contribution < -0.4 is 5.32 Å². The van der Waals surface area contributed by atoms with E-state index in [1.54, 1.807) is 7.05 Å². The number of hydrogen-bond acceptors (Lipinski definition) is 2. The van der Waals surface area contributed by atoms with Gasteiger partial charge < -0.3 is 10.4 Å². The van der Waals surface area contributed by atoms with Gasteiger partial charge in [0.15, 0.2) is 0 Å². The van der Waals surface area contributed by atoms with E-state index in [4.69, 9.17) is 5.11 Å². The summed E-state index contributed by atoms with van der Waals surface area (Å²) in [5, 5.41) is 11.6. The monoisotopic (exact) mass is 225 g/mol. The largest absolute Gasteiger partial charge is 0.391 e. The van der Waals surface area contributed by atoms with E-state index in [0.717, 1.165) is 18.7 Å². The number of aliphatic hydroxyl groups excluding tert-OH is 1. The van der Waals surface area contributed by atoms with Gasteiger partial charge in [-0.1, -0.05) is 11.8 Å². The van der Waals surface area contributed by atoms with Crippen molar-refractivity contribution in [3.63, 3.8) is 0 Å². The molecule has 0 amide bonds. The first-order valence-electron chi connectivity index (χ1n) is 4.91. The van der Waals surface area contributed by atoms with Gasteiger partial charge in [0.2, 0.25) is 0 Å². The zero-order chi connectivity index (χ0) is 12.0. The van der Waals surface area contributed by atoms with Crippen molar-refractivity contribution in [3.8, 4) is 11.8 Å². The van der Waals surface area contributed by atoms with Gasteiger partial charge in [-0.05, 0) is 19.2 Å². The van der Waals surface area contributed by atoms with E-state index >= 15 is 0 Å². The lowest BCUT2D eigenvalue weighted by Crippen LogP contribution is -2.05. The summed E-state index contributed by atoms with van der Waals surface area (Å²) in [6, 6.07) is 2.25. The average Bonchev–Trinajstić information content (AvgIpc) is 2.24. The Morgan fingerprint density at radius 2 is 1.94 bits per heavy atom. The summed E-state index contributed by atoms with van der Waals surface area (Å²) in [5.74, 6) is 3.92. The lowest BCUT2D eigenvalue weighted by atomic mass is 10.1. The van der Waals surface area contributed by atoms with Crippen molar-refractivity contribution in [3.05, 3.63) is 34.9 Å². The van der Waals surface area contributed by atoms with Crippen molar-refractivity contribution in [1.82, 2.24) is 5.32 Å². The molecule has 0 heterocycles. The molecular formula is C12H13F2NO. The number of aliphatic hydroxyl groups is 1. The maximum absolute atomic E-state index is 13.2. The van der Waals surface area contributed by atoms with Crippen LogP contribution in [0.15, 0.2) is 12.1 Å². The van der Waals surface area contributed by atoms with E-state index in [2.05, 4.69) is 17.2 Å². The molecular weight excluding hydrogens is 212 g/mol. The number of hydrogen-bond donors (Lipinski definition) is 2. The van der Waals surface area contributed by atoms with Crippen molar-refractivity contribution in [2.45, 2.75) is 13.0 Å². The second-order valence-corrected chi connectivity index (χ2v) is 3.23. The van der Waals surface area contributed by atoms with Gasteiger partial charge in [-0.2, -0.15) is 0 Å². The topological polar surface area (TPSA) is 32.3 Å². The third-order valence-electron chi connectivity index (χ3n) is 2.03. The lowest BCUT2D eigenvalue weighted by molar-refractivity contribution is 0.269. The molecule has 0 bridgehead atoms. The van der Waals surface area contributed by atoms with Crippen LogP contribution in [0.3, 0.4) is 0 Å². The van der Waals surface area contributed by atoms with Crippen molar-refractivity contribution < 1.29 is 13.9 Å². The molecule has 0 aliphatic heterocycles. The summed E-state index contributed by atoms with van der Waals surface area (Å²) >= 11 is 0. The van der Waals surface area contributed by atoms with Crippen LogP contribution in [0, 0.1) is 23.5 Å². The molecule has 86 valence electrons. The third-order valence-corrected chi connectivity index (χ3v) is 2.03. The van der Waals surface area contributed by atoms with Crippen LogP contribution in [0.2, 0.25) is 0 Å². The number of rotatable bonds is 3. The predicted molar refractivity (Wildman–Crippen MR) is 57.7 cm³/mol. The van der Waals surface area contributed by atoms with Gasteiger partial charge in [0.1, 0.15) is 11.6 Å². The molecule has 1 rings (SSSR count). The zero-order valence-electron chi connectivity index (χ0n) is 8.98. The predicted octanol–water partition coefficient (Wildman–Crippen LogP) is 1.42. The summed E-state index contributed by atoms with van der Waals surface area (Å²) in [7, 11) is 1.80. The normalized spacial score (nSPS) is 9.75. The highest BCUT2D eigenvalue weighted by molar-refractivity contribution is 5.37. The van der Waals surface area contributed by atoms with Gasteiger partial charge in [0, 0.05) is 24.1 Å². The van der Waals surface area contributed by atoms with Gasteiger partial charge >= 0.3 is 0 Å². The molecule has 0 aliphatic carbocycles. The van der Waals surface area contributed by atoms with E-state index in [1.165, 1.54) is 0 Å². The summed E-state index contributed by atoms with van der Waals surface area (Å²) < 4.78 is 26.4. The van der Waals surface area contributed by atoms with Crippen LogP contribution in [0.5, 0.6) is 0 Å². The fourth-order valence-corrected chi connectivity index (χ4v) is 1.18. The number of nitrogens with one attached hydrogen (secondary N) is 1. The maximum Gasteiger partial charge on any atom is 0.132 e. The van der Waals surface area contributed by atoms with Gasteiger partial charge in [-0.15, -0.1) is 0 Å². The molecule has 2 nitrogen and oxygen atoms in total. The Kier molecular flexibility index (Phi) is 4.90. The van der Waals surface area contributed by atoms with Crippen LogP contribution >= 0.6 is 0 Å². The highest BCUT2D eigenvalue weighted by Gasteiger charge is 2.08. The van der Waals surface area contributed by atoms with Crippen molar-refractivity contribution in [2.24, 2.45) is 0 Å². The molecule has 1 aromatic carbocycles. The van der Waals surface area contributed by atoms with Gasteiger partial charge in [-0.3, -0.25) is 0 Å². The Hall–Kier alpha value is -1.44. The molecule has 0 atom stereocenters. The van der Waals surface area contributed by atoms with E-state index < -0.39 is 18.2 Å². The van der Waals surface area contributed by atoms with Crippen LogP contribution in [0.4, 0.5) is 8.78 Å². The molecule has 0 radical (unpaired) electrons. The van der Waals surface area contributed by atoms with Crippen molar-refractivity contribution >= 4 is 0 Å². The smallest absolute Gasteiger partial charge is 0.132 e. The Labute approximate surface area is 93.3 Å². The molecule has 4 heteroatoms. The quantitative estimate of drug-likeness (QED) is 0.602. The molecule has 0 unspecified atom stereocenters. The molecule has 16 heavy (non-hydrogen) atoms. The first-order valence-corrected chi connectivity index (χ1v) is 4.91. The summed E-state index contributed by atoms with van der Waals surface area (Å²) in [6.45, 7) is 0.0812. The van der Waals surface area contributed by atoms with Gasteiger partial charge in [0.05, 0.1) is 6.61 Å². The minimum absolute atomic E-state index is 0.281. The molecule has 0 aliphatic rings. The highest BCUT2D eigenvalue weighted by atomic mass is 19.1. The van der Waals surface area contributed by atoms with Crippen molar-refractivity contribution in [1.29, 1.82) is 0 Å². The van der Waals surface area contributed by atoms with Crippen LogP contribution in [-0.4, -0.2) is 18.7 Å². The molecule has 0 spiro atoms. The number of benzene rings is 1. The maximum atomic E-state index is 13.2. The Morgan fingerprint density at radius 1 is 1.31 bits per heavy atom. The Balaban J connectivity index is 2.86. The molecule has 0 saturated carbocycles. The number of halogens is 2. The summed E-state index contributed by atoms with van der Waals surface area (Å²) in [6.07, 6.45) is 0.613. The summed E-state index contributed by atoms with van der Waals surface area (Å²) in [4.78, 5) is 0. The third kappa shape index (κ3) is 3.30. The highest BCUT2D eigenvalue weighted by Crippen LogP contribution is 2.14.